The highest BCUT2D eigenvalue weighted by Crippen LogP contribution is 2.71. The first-order valence-electron chi connectivity index (χ1n) is 14.4. The lowest BCUT2D eigenvalue weighted by atomic mass is 9.44. The molecule has 5 nitrogen and oxygen atoms in total. The Morgan fingerprint density at radius 2 is 1.76 bits per heavy atom. The first-order chi connectivity index (χ1) is 16.1. The van der Waals surface area contributed by atoms with Crippen molar-refractivity contribution < 1.29 is 19.4 Å². The van der Waals surface area contributed by atoms with Gasteiger partial charge in [-0.3, -0.25) is 10.1 Å². The number of piperidine rings is 1. The van der Waals surface area contributed by atoms with Crippen molar-refractivity contribution in [2.24, 2.45) is 52.3 Å². The third-order valence-corrected chi connectivity index (χ3v) is 12.4. The van der Waals surface area contributed by atoms with Crippen LogP contribution in [0.2, 0.25) is 0 Å². The summed E-state index contributed by atoms with van der Waals surface area (Å²) in [6, 6.07) is 0. The second-order valence-corrected chi connectivity index (χ2v) is 13.9. The quantitative estimate of drug-likeness (QED) is 0.530. The molecule has 4 aliphatic carbocycles. The van der Waals surface area contributed by atoms with Gasteiger partial charge in [0.15, 0.2) is 5.72 Å². The summed E-state index contributed by atoms with van der Waals surface area (Å²) in [5, 5.41) is 14.1. The van der Waals surface area contributed by atoms with Crippen molar-refractivity contribution in [1.82, 2.24) is 5.32 Å². The lowest BCUT2D eigenvalue weighted by Gasteiger charge is -2.61. The average Bonchev–Trinajstić information content (AvgIpc) is 3.22. The van der Waals surface area contributed by atoms with Gasteiger partial charge in [0.2, 0.25) is 0 Å². The van der Waals surface area contributed by atoms with Crippen molar-refractivity contribution in [3.8, 4) is 0 Å². The third kappa shape index (κ3) is 3.18. The Labute approximate surface area is 206 Å². The van der Waals surface area contributed by atoms with E-state index < -0.39 is 5.72 Å². The standard InChI is InChI=1S/C29H47NO4/c1-16-12-25(33-18(3)31)29(30-15-16)17(2)26-24(34-29)14-23-21-7-6-19-13-20(32)8-10-27(19,4)22(21)9-11-28(23,26)5/h16-17,19-26,30,32H,6-15H2,1-5H3/t16-,17-,19-,20-,21+,22-,23-,24-,25+,26-,27-,28-,29?/m0/s1. The second kappa shape index (κ2) is 7.92. The summed E-state index contributed by atoms with van der Waals surface area (Å²) in [5.74, 6) is 4.20. The minimum Gasteiger partial charge on any atom is -0.458 e. The Morgan fingerprint density at radius 1 is 1.00 bits per heavy atom. The van der Waals surface area contributed by atoms with E-state index in [0.717, 1.165) is 43.6 Å². The summed E-state index contributed by atoms with van der Waals surface area (Å²) in [5.41, 5.74) is 0.190. The van der Waals surface area contributed by atoms with E-state index >= 15 is 0 Å². The molecule has 5 heteroatoms. The normalized spacial score (nSPS) is 58.5. The fourth-order valence-electron chi connectivity index (χ4n) is 10.9. The van der Waals surface area contributed by atoms with Crippen molar-refractivity contribution in [3.05, 3.63) is 0 Å². The number of carbonyl (C=O) groups excluding carboxylic acids is 1. The number of hydrogen-bond acceptors (Lipinski definition) is 5. The molecule has 0 aromatic rings. The summed E-state index contributed by atoms with van der Waals surface area (Å²) in [6.07, 6.45) is 10.5. The maximum atomic E-state index is 12.0. The molecule has 4 saturated carbocycles. The van der Waals surface area contributed by atoms with E-state index in [1.54, 1.807) is 0 Å². The molecule has 1 spiro atoms. The minimum atomic E-state index is -0.526. The minimum absolute atomic E-state index is 0.0735. The Morgan fingerprint density at radius 3 is 2.53 bits per heavy atom. The fraction of sp³-hybridized carbons (Fsp3) is 0.966. The highest BCUT2D eigenvalue weighted by Gasteiger charge is 2.70. The van der Waals surface area contributed by atoms with Crippen LogP contribution in [0, 0.1) is 52.3 Å². The molecule has 2 aliphatic heterocycles. The highest BCUT2D eigenvalue weighted by atomic mass is 16.6. The average molecular weight is 474 g/mol. The second-order valence-electron chi connectivity index (χ2n) is 13.9. The Bertz CT molecular complexity index is 833. The molecule has 2 N–H and O–H groups in total. The number of ether oxygens (including phenoxy) is 2. The van der Waals surface area contributed by atoms with Crippen molar-refractivity contribution in [1.29, 1.82) is 0 Å². The van der Waals surface area contributed by atoms with Gasteiger partial charge in [0, 0.05) is 19.4 Å². The van der Waals surface area contributed by atoms with E-state index in [1.165, 1.54) is 45.4 Å². The topological polar surface area (TPSA) is 67.8 Å². The van der Waals surface area contributed by atoms with Gasteiger partial charge in [0.25, 0.3) is 0 Å². The van der Waals surface area contributed by atoms with Gasteiger partial charge >= 0.3 is 5.97 Å². The van der Waals surface area contributed by atoms with Crippen molar-refractivity contribution in [3.63, 3.8) is 0 Å². The number of rotatable bonds is 1. The SMILES string of the molecule is CC(=O)O[C@@H]1C[C@H](C)CNC12O[C@H]1C[C@H]3[C@@H]4CC[C@H]5C[C@@H](O)CC[C@]5(C)[C@H]4CC[C@]3(C)[C@H]1[C@@H]2C. The Hall–Kier alpha value is -0.650. The van der Waals surface area contributed by atoms with Crippen LogP contribution in [-0.2, 0) is 14.3 Å². The van der Waals surface area contributed by atoms with Gasteiger partial charge in [-0.2, -0.15) is 0 Å². The first kappa shape index (κ1) is 23.7. The van der Waals surface area contributed by atoms with E-state index in [-0.39, 0.29) is 24.3 Å². The van der Waals surface area contributed by atoms with E-state index in [9.17, 15) is 9.90 Å². The lowest BCUT2D eigenvalue weighted by molar-refractivity contribution is -0.201. The molecule has 6 rings (SSSR count). The Balaban J connectivity index is 1.27. The molecule has 192 valence electrons. The number of nitrogens with one attached hydrogen (secondary N) is 1. The maximum Gasteiger partial charge on any atom is 0.303 e. The van der Waals surface area contributed by atoms with E-state index in [0.29, 0.717) is 34.5 Å². The zero-order chi connectivity index (χ0) is 24.0. The van der Waals surface area contributed by atoms with Gasteiger partial charge in [0.1, 0.15) is 6.10 Å². The Kier molecular flexibility index (Phi) is 5.53. The fourth-order valence-corrected chi connectivity index (χ4v) is 10.9. The van der Waals surface area contributed by atoms with E-state index in [4.69, 9.17) is 9.47 Å². The summed E-state index contributed by atoms with van der Waals surface area (Å²) in [6.45, 7) is 12.2. The lowest BCUT2D eigenvalue weighted by Crippen LogP contribution is -2.65. The number of hydrogen-bond donors (Lipinski definition) is 2. The van der Waals surface area contributed by atoms with Gasteiger partial charge < -0.3 is 14.6 Å². The first-order valence-corrected chi connectivity index (χ1v) is 14.4. The number of carbonyl (C=O) groups is 1. The molecule has 2 heterocycles. The monoisotopic (exact) mass is 473 g/mol. The van der Waals surface area contributed by atoms with Crippen molar-refractivity contribution in [2.45, 2.75) is 116 Å². The van der Waals surface area contributed by atoms with Crippen LogP contribution in [0.1, 0.15) is 92.4 Å². The van der Waals surface area contributed by atoms with E-state index in [2.05, 4.69) is 33.0 Å². The molecule has 0 aromatic heterocycles. The summed E-state index contributed by atoms with van der Waals surface area (Å²) in [4.78, 5) is 12.0. The molecule has 0 amide bonds. The van der Waals surface area contributed by atoms with Gasteiger partial charge in [-0.1, -0.05) is 27.7 Å². The largest absolute Gasteiger partial charge is 0.458 e. The van der Waals surface area contributed by atoms with Crippen molar-refractivity contribution >= 4 is 5.97 Å². The van der Waals surface area contributed by atoms with Crippen LogP contribution in [-0.4, -0.2) is 41.7 Å². The van der Waals surface area contributed by atoms with Crippen LogP contribution in [0.3, 0.4) is 0 Å². The number of fused-ring (bicyclic) bond motifs is 7. The molecule has 1 unspecified atom stereocenters. The molecule has 2 saturated heterocycles. The molecule has 6 aliphatic rings. The molecule has 6 fully saturated rings. The highest BCUT2D eigenvalue weighted by molar-refractivity contribution is 5.66. The van der Waals surface area contributed by atoms with E-state index in [1.807, 2.05) is 0 Å². The molecular weight excluding hydrogens is 426 g/mol. The molecule has 34 heavy (non-hydrogen) atoms. The summed E-state index contributed by atoms with van der Waals surface area (Å²) in [7, 11) is 0. The predicted molar refractivity (Wildman–Crippen MR) is 131 cm³/mol. The molecule has 0 bridgehead atoms. The van der Waals surface area contributed by atoms with Crippen LogP contribution in [0.15, 0.2) is 0 Å². The zero-order valence-corrected chi connectivity index (χ0v) is 22.0. The maximum absolute atomic E-state index is 12.0. The van der Waals surface area contributed by atoms with Crippen LogP contribution in [0.5, 0.6) is 0 Å². The molecule has 0 aromatic carbocycles. The van der Waals surface area contributed by atoms with Crippen LogP contribution >= 0.6 is 0 Å². The summed E-state index contributed by atoms with van der Waals surface area (Å²) < 4.78 is 13.0. The van der Waals surface area contributed by atoms with Gasteiger partial charge in [-0.25, -0.2) is 0 Å². The van der Waals surface area contributed by atoms with Crippen LogP contribution in [0.4, 0.5) is 0 Å². The smallest absolute Gasteiger partial charge is 0.303 e. The van der Waals surface area contributed by atoms with Crippen molar-refractivity contribution in [2.75, 3.05) is 6.54 Å². The van der Waals surface area contributed by atoms with Gasteiger partial charge in [-0.05, 0) is 104 Å². The number of aliphatic hydroxyl groups is 1. The molecule has 0 radical (unpaired) electrons. The van der Waals surface area contributed by atoms with Gasteiger partial charge in [-0.15, -0.1) is 0 Å². The van der Waals surface area contributed by atoms with Crippen LogP contribution in [0.25, 0.3) is 0 Å². The predicted octanol–water partition coefficient (Wildman–Crippen LogP) is 4.91. The third-order valence-electron chi connectivity index (χ3n) is 12.4. The van der Waals surface area contributed by atoms with Gasteiger partial charge in [0.05, 0.1) is 12.2 Å². The zero-order valence-electron chi connectivity index (χ0n) is 22.0. The number of aliphatic hydroxyl groups excluding tert-OH is 1. The molecule has 13 atom stereocenters. The summed E-state index contributed by atoms with van der Waals surface area (Å²) >= 11 is 0. The van der Waals surface area contributed by atoms with Crippen LogP contribution < -0.4 is 5.32 Å². The number of esters is 1. The molecular formula is C29H47NO4.